The van der Waals surface area contributed by atoms with Crippen LogP contribution in [0.1, 0.15) is 30.1 Å². The minimum Gasteiger partial charge on any atom is -0.308 e. The van der Waals surface area contributed by atoms with Crippen molar-refractivity contribution in [2.24, 2.45) is 11.8 Å². The second-order valence-electron chi connectivity index (χ2n) is 4.69. The molecule has 92 valence electrons. The molecule has 0 aromatic carbocycles. The highest BCUT2D eigenvalue weighted by Crippen LogP contribution is 2.33. The molecular formula is C12H18N4S. The molecule has 0 saturated carbocycles. The van der Waals surface area contributed by atoms with Gasteiger partial charge in [-0.1, -0.05) is 13.8 Å². The Morgan fingerprint density at radius 1 is 1.29 bits per heavy atom. The predicted octanol–water partition coefficient (Wildman–Crippen LogP) is 2.79. The van der Waals surface area contributed by atoms with E-state index < -0.39 is 0 Å². The number of aryl methyl sites for hydroxylation is 2. The second-order valence-corrected chi connectivity index (χ2v) is 5.90. The van der Waals surface area contributed by atoms with Crippen LogP contribution in [0.25, 0.3) is 10.2 Å². The first-order valence-corrected chi connectivity index (χ1v) is 6.57. The van der Waals surface area contributed by atoms with E-state index in [2.05, 4.69) is 43.1 Å². The molecule has 2 aromatic rings. The van der Waals surface area contributed by atoms with Crippen LogP contribution in [0, 0.1) is 19.8 Å². The monoisotopic (exact) mass is 250 g/mol. The van der Waals surface area contributed by atoms with Crippen LogP contribution in [0.4, 0.5) is 5.82 Å². The zero-order chi connectivity index (χ0) is 12.6. The number of hydrazine groups is 1. The Hall–Kier alpha value is -1.20. The minimum atomic E-state index is 0.542. The number of fused-ring (bicyclic) bond motifs is 1. The van der Waals surface area contributed by atoms with E-state index in [4.69, 9.17) is 5.84 Å². The maximum absolute atomic E-state index is 5.56. The molecule has 0 aliphatic rings. The van der Waals surface area contributed by atoms with Crippen molar-refractivity contribution in [3.63, 3.8) is 0 Å². The van der Waals surface area contributed by atoms with Crippen LogP contribution < -0.4 is 11.3 Å². The molecule has 17 heavy (non-hydrogen) atoms. The smallest absolute Gasteiger partial charge is 0.152 e. The summed E-state index contributed by atoms with van der Waals surface area (Å²) >= 11 is 1.70. The minimum absolute atomic E-state index is 0.542. The fourth-order valence-electron chi connectivity index (χ4n) is 1.85. The summed E-state index contributed by atoms with van der Waals surface area (Å²) < 4.78 is 0. The Kier molecular flexibility index (Phi) is 3.31. The van der Waals surface area contributed by atoms with Crippen molar-refractivity contribution in [3.05, 3.63) is 16.3 Å². The van der Waals surface area contributed by atoms with Crippen molar-refractivity contribution in [1.29, 1.82) is 0 Å². The highest BCUT2D eigenvalue weighted by atomic mass is 32.1. The Bertz CT molecular complexity index is 545. The number of aromatic nitrogens is 2. The standard InChI is InChI=1S/C12H18N4S/c1-6(2)5-9-14-11(16-13)10-7(3)8(4)17-12(10)15-9/h6H,5,13H2,1-4H3,(H,14,15,16). The molecule has 2 rings (SSSR count). The third kappa shape index (κ3) is 2.25. The normalized spacial score (nSPS) is 11.4. The van der Waals surface area contributed by atoms with Crippen molar-refractivity contribution < 1.29 is 0 Å². The van der Waals surface area contributed by atoms with Crippen molar-refractivity contribution in [3.8, 4) is 0 Å². The average Bonchev–Trinajstić information content (AvgIpc) is 2.53. The second kappa shape index (κ2) is 4.58. The van der Waals surface area contributed by atoms with Gasteiger partial charge >= 0.3 is 0 Å². The lowest BCUT2D eigenvalue weighted by molar-refractivity contribution is 0.623. The van der Waals surface area contributed by atoms with Gasteiger partial charge in [0.2, 0.25) is 0 Å². The maximum Gasteiger partial charge on any atom is 0.152 e. The molecule has 0 radical (unpaired) electrons. The molecule has 0 atom stereocenters. The number of nitrogens with zero attached hydrogens (tertiary/aromatic N) is 2. The van der Waals surface area contributed by atoms with Crippen LogP contribution in [0.15, 0.2) is 0 Å². The Morgan fingerprint density at radius 3 is 2.59 bits per heavy atom. The SMILES string of the molecule is Cc1sc2nc(CC(C)C)nc(NN)c2c1C. The summed E-state index contributed by atoms with van der Waals surface area (Å²) in [6, 6.07) is 0. The van der Waals surface area contributed by atoms with E-state index >= 15 is 0 Å². The molecule has 5 heteroatoms. The van der Waals surface area contributed by atoms with Crippen LogP contribution in [-0.2, 0) is 6.42 Å². The molecular weight excluding hydrogens is 232 g/mol. The number of anilines is 1. The quantitative estimate of drug-likeness (QED) is 0.649. The van der Waals surface area contributed by atoms with E-state index in [1.165, 1.54) is 10.4 Å². The molecule has 2 aromatic heterocycles. The van der Waals surface area contributed by atoms with Crippen LogP contribution in [-0.4, -0.2) is 9.97 Å². The van der Waals surface area contributed by atoms with Crippen molar-refractivity contribution in [2.75, 3.05) is 5.43 Å². The third-order valence-corrected chi connectivity index (χ3v) is 3.90. The Labute approximate surface area is 105 Å². The van der Waals surface area contributed by atoms with Crippen molar-refractivity contribution >= 4 is 27.4 Å². The molecule has 2 heterocycles. The lowest BCUT2D eigenvalue weighted by Crippen LogP contribution is -2.11. The maximum atomic E-state index is 5.56. The highest BCUT2D eigenvalue weighted by Gasteiger charge is 2.14. The zero-order valence-electron chi connectivity index (χ0n) is 10.7. The van der Waals surface area contributed by atoms with Gasteiger partial charge in [-0.15, -0.1) is 11.3 Å². The highest BCUT2D eigenvalue weighted by molar-refractivity contribution is 7.18. The summed E-state index contributed by atoms with van der Waals surface area (Å²) in [6.45, 7) is 8.51. The Balaban J connectivity index is 2.62. The van der Waals surface area contributed by atoms with Gasteiger partial charge in [0.05, 0.1) is 5.39 Å². The zero-order valence-corrected chi connectivity index (χ0v) is 11.5. The van der Waals surface area contributed by atoms with E-state index in [0.29, 0.717) is 5.92 Å². The first-order valence-electron chi connectivity index (χ1n) is 5.76. The average molecular weight is 250 g/mol. The number of nitrogens with two attached hydrogens (primary N) is 1. The summed E-state index contributed by atoms with van der Waals surface area (Å²) in [7, 11) is 0. The van der Waals surface area contributed by atoms with E-state index in [0.717, 1.165) is 28.3 Å². The topological polar surface area (TPSA) is 63.8 Å². The lowest BCUT2D eigenvalue weighted by Gasteiger charge is -2.07. The molecule has 0 bridgehead atoms. The van der Waals surface area contributed by atoms with Gasteiger partial charge in [-0.05, 0) is 25.3 Å². The van der Waals surface area contributed by atoms with Gasteiger partial charge in [0.1, 0.15) is 10.7 Å². The molecule has 4 nitrogen and oxygen atoms in total. The van der Waals surface area contributed by atoms with Crippen molar-refractivity contribution in [2.45, 2.75) is 34.1 Å². The van der Waals surface area contributed by atoms with E-state index in [-0.39, 0.29) is 0 Å². The molecule has 0 aliphatic carbocycles. The number of nitrogen functional groups attached to an aromatic ring is 1. The van der Waals surface area contributed by atoms with Gasteiger partial charge in [-0.25, -0.2) is 15.8 Å². The Morgan fingerprint density at radius 2 is 2.00 bits per heavy atom. The molecule has 0 aliphatic heterocycles. The fourth-order valence-corrected chi connectivity index (χ4v) is 2.90. The summed E-state index contributed by atoms with van der Waals surface area (Å²) in [4.78, 5) is 11.4. The van der Waals surface area contributed by atoms with Gasteiger partial charge in [0, 0.05) is 11.3 Å². The van der Waals surface area contributed by atoms with Gasteiger partial charge in [0.15, 0.2) is 5.82 Å². The van der Waals surface area contributed by atoms with E-state index in [1.807, 2.05) is 0 Å². The summed E-state index contributed by atoms with van der Waals surface area (Å²) in [5.74, 6) is 7.71. The summed E-state index contributed by atoms with van der Waals surface area (Å²) in [5, 5.41) is 1.06. The number of nitrogens with one attached hydrogen (secondary N) is 1. The van der Waals surface area contributed by atoms with Gasteiger partial charge < -0.3 is 5.43 Å². The molecule has 0 fully saturated rings. The first kappa shape index (κ1) is 12.3. The third-order valence-electron chi connectivity index (χ3n) is 2.80. The number of rotatable bonds is 3. The number of hydrogen-bond acceptors (Lipinski definition) is 5. The van der Waals surface area contributed by atoms with Gasteiger partial charge in [-0.3, -0.25) is 0 Å². The van der Waals surface area contributed by atoms with Crippen LogP contribution in [0.2, 0.25) is 0 Å². The van der Waals surface area contributed by atoms with Crippen LogP contribution >= 0.6 is 11.3 Å². The van der Waals surface area contributed by atoms with E-state index in [1.54, 1.807) is 11.3 Å². The fraction of sp³-hybridized carbons (Fsp3) is 0.500. The lowest BCUT2D eigenvalue weighted by atomic mass is 10.1. The number of hydrogen-bond donors (Lipinski definition) is 2. The predicted molar refractivity (Wildman–Crippen MR) is 73.2 cm³/mol. The summed E-state index contributed by atoms with van der Waals surface area (Å²) in [5.41, 5.74) is 3.91. The van der Waals surface area contributed by atoms with Crippen LogP contribution in [0.5, 0.6) is 0 Å². The van der Waals surface area contributed by atoms with Crippen molar-refractivity contribution in [1.82, 2.24) is 9.97 Å². The molecule has 0 spiro atoms. The van der Waals surface area contributed by atoms with E-state index in [9.17, 15) is 0 Å². The first-order chi connectivity index (χ1) is 8.02. The van der Waals surface area contributed by atoms with Gasteiger partial charge in [0.25, 0.3) is 0 Å². The van der Waals surface area contributed by atoms with Crippen LogP contribution in [0.3, 0.4) is 0 Å². The molecule has 3 N–H and O–H groups in total. The molecule has 0 unspecified atom stereocenters. The summed E-state index contributed by atoms with van der Waals surface area (Å²) in [6.07, 6.45) is 0.876. The van der Waals surface area contributed by atoms with Gasteiger partial charge in [-0.2, -0.15) is 0 Å². The molecule has 0 amide bonds. The number of thiophene rings is 1. The largest absolute Gasteiger partial charge is 0.308 e. The molecule has 0 saturated heterocycles.